The lowest BCUT2D eigenvalue weighted by molar-refractivity contribution is -0.115. The number of hydrogen-bond donors (Lipinski definition) is 2. The number of anilines is 1. The number of amides is 1. The highest BCUT2D eigenvalue weighted by molar-refractivity contribution is 5.95. The molecule has 1 aliphatic heterocycles. The molecule has 2 aromatic carbocycles. The topological polar surface area (TPSA) is 98.0 Å². The molecular formula is C26H29NO6. The van der Waals surface area contributed by atoms with Crippen molar-refractivity contribution in [1.29, 1.82) is 0 Å². The van der Waals surface area contributed by atoms with Crippen molar-refractivity contribution in [2.24, 2.45) is 0 Å². The zero-order valence-electron chi connectivity index (χ0n) is 19.6. The SMILES string of the molecule is COc1cc2c(c3oc(=O)c(CC(=O)Nc4cccc([C@H](C)O)c4)c(C)c13)CCC(C)(C)O2. The van der Waals surface area contributed by atoms with Crippen LogP contribution in [-0.4, -0.2) is 23.7 Å². The van der Waals surface area contributed by atoms with Gasteiger partial charge in [-0.2, -0.15) is 0 Å². The second kappa shape index (κ2) is 8.56. The normalized spacial score (nSPS) is 15.5. The largest absolute Gasteiger partial charge is 0.496 e. The molecular weight excluding hydrogens is 422 g/mol. The summed E-state index contributed by atoms with van der Waals surface area (Å²) >= 11 is 0. The van der Waals surface area contributed by atoms with Crippen LogP contribution < -0.4 is 20.4 Å². The number of carbonyl (C=O) groups is 1. The summed E-state index contributed by atoms with van der Waals surface area (Å²) < 4.78 is 17.5. The fourth-order valence-electron chi connectivity index (χ4n) is 4.29. The Bertz CT molecular complexity index is 1290. The van der Waals surface area contributed by atoms with Crippen LogP contribution in [0, 0.1) is 6.92 Å². The first-order chi connectivity index (χ1) is 15.6. The molecule has 7 heteroatoms. The van der Waals surface area contributed by atoms with E-state index in [1.165, 1.54) is 0 Å². The standard InChI is InChI=1S/C26H29NO6/c1-14-19(12-22(29)27-17-8-6-7-16(11-17)15(2)28)25(30)32-24-18-9-10-26(3,4)33-20(18)13-21(31-5)23(14)24/h6-8,11,13,15,28H,9-10,12H2,1-5H3,(H,27,29)/t15-/m0/s1. The minimum absolute atomic E-state index is 0.146. The molecule has 1 aliphatic rings. The highest BCUT2D eigenvalue weighted by Crippen LogP contribution is 2.43. The van der Waals surface area contributed by atoms with E-state index in [9.17, 15) is 14.7 Å². The van der Waals surface area contributed by atoms with E-state index >= 15 is 0 Å². The van der Waals surface area contributed by atoms with Crippen LogP contribution in [0.1, 0.15) is 55.5 Å². The predicted octanol–water partition coefficient (Wildman–Crippen LogP) is 4.45. The van der Waals surface area contributed by atoms with Gasteiger partial charge in [-0.1, -0.05) is 12.1 Å². The Labute approximate surface area is 192 Å². The van der Waals surface area contributed by atoms with Crippen LogP contribution >= 0.6 is 0 Å². The number of carbonyl (C=O) groups excluding carboxylic acids is 1. The summed E-state index contributed by atoms with van der Waals surface area (Å²) in [5, 5.41) is 13.2. The molecule has 1 amide bonds. The number of aliphatic hydroxyl groups is 1. The second-order valence-corrected chi connectivity index (χ2v) is 9.14. The van der Waals surface area contributed by atoms with Gasteiger partial charge >= 0.3 is 5.63 Å². The molecule has 0 fully saturated rings. The van der Waals surface area contributed by atoms with Gasteiger partial charge in [0.15, 0.2) is 0 Å². The van der Waals surface area contributed by atoms with Gasteiger partial charge in [0, 0.05) is 17.3 Å². The fraction of sp³-hybridized carbons (Fsp3) is 0.385. The first-order valence-electron chi connectivity index (χ1n) is 11.0. The second-order valence-electron chi connectivity index (χ2n) is 9.14. The van der Waals surface area contributed by atoms with E-state index in [1.807, 2.05) is 19.9 Å². The van der Waals surface area contributed by atoms with Crippen LogP contribution in [0.25, 0.3) is 11.0 Å². The molecule has 1 aromatic heterocycles. The van der Waals surface area contributed by atoms with Gasteiger partial charge < -0.3 is 24.3 Å². The van der Waals surface area contributed by atoms with E-state index in [4.69, 9.17) is 13.9 Å². The summed E-state index contributed by atoms with van der Waals surface area (Å²) in [7, 11) is 1.56. The maximum atomic E-state index is 12.9. The van der Waals surface area contributed by atoms with Gasteiger partial charge in [-0.3, -0.25) is 4.79 Å². The number of aryl methyl sites for hydroxylation is 2. The first kappa shape index (κ1) is 22.9. The Kier molecular flexibility index (Phi) is 5.93. The Morgan fingerprint density at radius 3 is 2.76 bits per heavy atom. The molecule has 1 atom stereocenters. The van der Waals surface area contributed by atoms with Gasteiger partial charge in [0.1, 0.15) is 22.7 Å². The molecule has 0 aliphatic carbocycles. The van der Waals surface area contributed by atoms with Crippen molar-refractivity contribution in [1.82, 2.24) is 0 Å². The van der Waals surface area contributed by atoms with Crippen molar-refractivity contribution in [3.8, 4) is 11.5 Å². The number of rotatable bonds is 5. The number of aliphatic hydroxyl groups excluding tert-OH is 1. The Hall–Kier alpha value is -3.32. The molecule has 0 radical (unpaired) electrons. The average Bonchev–Trinajstić information content (AvgIpc) is 2.75. The minimum Gasteiger partial charge on any atom is -0.496 e. The third-order valence-electron chi connectivity index (χ3n) is 6.15. The number of nitrogens with one attached hydrogen (secondary N) is 1. The molecule has 174 valence electrons. The van der Waals surface area contributed by atoms with E-state index in [0.717, 1.165) is 12.0 Å². The Morgan fingerprint density at radius 2 is 2.06 bits per heavy atom. The molecule has 0 spiro atoms. The van der Waals surface area contributed by atoms with Crippen LogP contribution in [0.4, 0.5) is 5.69 Å². The maximum absolute atomic E-state index is 12.9. The molecule has 3 aromatic rings. The van der Waals surface area contributed by atoms with Gasteiger partial charge in [0.25, 0.3) is 0 Å². The first-order valence-corrected chi connectivity index (χ1v) is 11.0. The minimum atomic E-state index is -0.649. The van der Waals surface area contributed by atoms with Gasteiger partial charge in [0.05, 0.1) is 30.6 Å². The lowest BCUT2D eigenvalue weighted by Crippen LogP contribution is -2.32. The summed E-state index contributed by atoms with van der Waals surface area (Å²) in [6, 6.07) is 8.80. The van der Waals surface area contributed by atoms with Crippen molar-refractivity contribution in [3.63, 3.8) is 0 Å². The molecule has 0 saturated heterocycles. The number of fused-ring (bicyclic) bond motifs is 3. The third kappa shape index (κ3) is 4.46. The van der Waals surface area contributed by atoms with Crippen LogP contribution in [0.2, 0.25) is 0 Å². The lowest BCUT2D eigenvalue weighted by Gasteiger charge is -2.33. The van der Waals surface area contributed by atoms with Crippen molar-refractivity contribution in [2.45, 2.75) is 58.7 Å². The molecule has 2 heterocycles. The van der Waals surface area contributed by atoms with Crippen molar-refractivity contribution < 1.29 is 23.8 Å². The van der Waals surface area contributed by atoms with Crippen LogP contribution in [0.15, 0.2) is 39.5 Å². The van der Waals surface area contributed by atoms with Crippen LogP contribution in [0.5, 0.6) is 11.5 Å². The highest BCUT2D eigenvalue weighted by Gasteiger charge is 2.31. The molecule has 33 heavy (non-hydrogen) atoms. The predicted molar refractivity (Wildman–Crippen MR) is 126 cm³/mol. The third-order valence-corrected chi connectivity index (χ3v) is 6.15. The van der Waals surface area contributed by atoms with Crippen LogP contribution in [-0.2, 0) is 17.6 Å². The quantitative estimate of drug-likeness (QED) is 0.556. The summed E-state index contributed by atoms with van der Waals surface area (Å²) in [6.07, 6.45) is 0.710. The molecule has 2 N–H and O–H groups in total. The molecule has 0 bridgehead atoms. The maximum Gasteiger partial charge on any atom is 0.340 e. The number of ether oxygens (including phenoxy) is 2. The van der Waals surface area contributed by atoms with Crippen LogP contribution in [0.3, 0.4) is 0 Å². The van der Waals surface area contributed by atoms with Gasteiger partial charge in [-0.15, -0.1) is 0 Å². The number of hydrogen-bond acceptors (Lipinski definition) is 6. The summed E-state index contributed by atoms with van der Waals surface area (Å²) in [5.74, 6) is 0.838. The average molecular weight is 452 g/mol. The van der Waals surface area contributed by atoms with Gasteiger partial charge in [0.2, 0.25) is 5.91 Å². The lowest BCUT2D eigenvalue weighted by atomic mass is 9.91. The van der Waals surface area contributed by atoms with Crippen molar-refractivity contribution in [3.05, 3.63) is 63.0 Å². The molecule has 7 nitrogen and oxygen atoms in total. The van der Waals surface area contributed by atoms with Crippen molar-refractivity contribution >= 4 is 22.6 Å². The summed E-state index contributed by atoms with van der Waals surface area (Å²) in [5.41, 5.74) is 2.60. The van der Waals surface area contributed by atoms with E-state index in [0.29, 0.717) is 45.7 Å². The highest BCUT2D eigenvalue weighted by atomic mass is 16.5. The van der Waals surface area contributed by atoms with Gasteiger partial charge in [-0.25, -0.2) is 4.79 Å². The fourth-order valence-corrected chi connectivity index (χ4v) is 4.29. The smallest absolute Gasteiger partial charge is 0.340 e. The molecule has 4 rings (SSSR count). The van der Waals surface area contributed by atoms with E-state index in [2.05, 4.69) is 5.32 Å². The number of benzene rings is 2. The monoisotopic (exact) mass is 451 g/mol. The van der Waals surface area contributed by atoms with Gasteiger partial charge in [-0.05, 0) is 63.8 Å². The zero-order valence-corrected chi connectivity index (χ0v) is 19.6. The van der Waals surface area contributed by atoms with E-state index in [-0.39, 0.29) is 23.5 Å². The molecule has 0 unspecified atom stereocenters. The Morgan fingerprint density at radius 1 is 1.30 bits per heavy atom. The molecule has 0 saturated carbocycles. The van der Waals surface area contributed by atoms with E-state index < -0.39 is 11.7 Å². The van der Waals surface area contributed by atoms with Crippen molar-refractivity contribution in [2.75, 3.05) is 12.4 Å². The zero-order chi connectivity index (χ0) is 23.9. The Balaban J connectivity index is 1.71. The van der Waals surface area contributed by atoms with E-state index in [1.54, 1.807) is 45.2 Å². The summed E-state index contributed by atoms with van der Waals surface area (Å²) in [6.45, 7) is 7.50. The summed E-state index contributed by atoms with van der Waals surface area (Å²) in [4.78, 5) is 25.7. The number of methoxy groups -OCH3 is 1.